The van der Waals surface area contributed by atoms with Crippen molar-refractivity contribution in [2.24, 2.45) is 0 Å². The van der Waals surface area contributed by atoms with Crippen molar-refractivity contribution in [3.05, 3.63) is 36.4 Å². The molecule has 1 heterocycles. The first-order valence-electron chi connectivity index (χ1n) is 7.19. The summed E-state index contributed by atoms with van der Waals surface area (Å²) in [6.07, 6.45) is 4.80. The van der Waals surface area contributed by atoms with Crippen LogP contribution in [0.25, 0.3) is 11.4 Å². The normalized spacial score (nSPS) is 16.4. The van der Waals surface area contributed by atoms with Crippen LogP contribution in [0.15, 0.2) is 36.4 Å². The largest absolute Gasteiger partial charge is 0.384 e. The SMILES string of the molecule is CCC1(Nc2cc(N)nc(-c3ccccc3)n2)CCC1. The Morgan fingerprint density at radius 3 is 2.55 bits per heavy atom. The van der Waals surface area contributed by atoms with E-state index in [4.69, 9.17) is 5.73 Å². The summed E-state index contributed by atoms with van der Waals surface area (Å²) in [5.74, 6) is 2.02. The number of nitrogens with one attached hydrogen (secondary N) is 1. The molecule has 1 aliphatic rings. The Kier molecular flexibility index (Phi) is 3.30. The van der Waals surface area contributed by atoms with Gasteiger partial charge in [-0.25, -0.2) is 9.97 Å². The highest BCUT2D eigenvalue weighted by molar-refractivity contribution is 5.60. The number of nitrogens with zero attached hydrogens (tertiary/aromatic N) is 2. The van der Waals surface area contributed by atoms with Crippen molar-refractivity contribution in [2.45, 2.75) is 38.1 Å². The van der Waals surface area contributed by atoms with Gasteiger partial charge in [-0.2, -0.15) is 0 Å². The van der Waals surface area contributed by atoms with Crippen LogP contribution in [-0.2, 0) is 0 Å². The lowest BCUT2D eigenvalue weighted by Gasteiger charge is -2.42. The fourth-order valence-corrected chi connectivity index (χ4v) is 2.69. The molecule has 3 rings (SSSR count). The molecule has 1 aliphatic carbocycles. The summed E-state index contributed by atoms with van der Waals surface area (Å²) in [6, 6.07) is 11.8. The van der Waals surface area contributed by atoms with Crippen molar-refractivity contribution in [1.82, 2.24) is 9.97 Å². The second-order valence-corrected chi connectivity index (χ2v) is 5.48. The van der Waals surface area contributed by atoms with E-state index in [0.717, 1.165) is 17.8 Å². The maximum Gasteiger partial charge on any atom is 0.163 e. The Balaban J connectivity index is 1.91. The summed E-state index contributed by atoms with van der Waals surface area (Å²) in [5.41, 5.74) is 7.12. The number of aromatic nitrogens is 2. The molecular formula is C16H20N4. The summed E-state index contributed by atoms with van der Waals surface area (Å²) in [6.45, 7) is 2.22. The van der Waals surface area contributed by atoms with Gasteiger partial charge < -0.3 is 11.1 Å². The molecule has 0 spiro atoms. The Morgan fingerprint density at radius 1 is 1.20 bits per heavy atom. The van der Waals surface area contributed by atoms with Gasteiger partial charge in [0, 0.05) is 17.2 Å². The molecule has 1 aromatic carbocycles. The van der Waals surface area contributed by atoms with E-state index >= 15 is 0 Å². The molecule has 0 unspecified atom stereocenters. The van der Waals surface area contributed by atoms with E-state index < -0.39 is 0 Å². The molecule has 104 valence electrons. The maximum atomic E-state index is 5.93. The molecule has 2 aromatic rings. The third kappa shape index (κ3) is 2.46. The van der Waals surface area contributed by atoms with E-state index in [-0.39, 0.29) is 5.54 Å². The van der Waals surface area contributed by atoms with Gasteiger partial charge in [-0.15, -0.1) is 0 Å². The van der Waals surface area contributed by atoms with Gasteiger partial charge in [0.15, 0.2) is 5.82 Å². The summed E-state index contributed by atoms with van der Waals surface area (Å²) in [7, 11) is 0. The first kappa shape index (κ1) is 12.9. The topological polar surface area (TPSA) is 63.8 Å². The van der Waals surface area contributed by atoms with Crippen molar-refractivity contribution in [1.29, 1.82) is 0 Å². The number of rotatable bonds is 4. The van der Waals surface area contributed by atoms with Crippen LogP contribution in [0.5, 0.6) is 0 Å². The van der Waals surface area contributed by atoms with E-state index in [1.54, 1.807) is 0 Å². The zero-order valence-electron chi connectivity index (χ0n) is 11.8. The second kappa shape index (κ2) is 5.12. The summed E-state index contributed by atoms with van der Waals surface area (Å²) >= 11 is 0. The van der Waals surface area contributed by atoms with Gasteiger partial charge in [0.2, 0.25) is 0 Å². The predicted octanol–water partition coefficient (Wildman–Crippen LogP) is 3.47. The zero-order valence-corrected chi connectivity index (χ0v) is 11.8. The van der Waals surface area contributed by atoms with Crippen LogP contribution in [0.2, 0.25) is 0 Å². The summed E-state index contributed by atoms with van der Waals surface area (Å²) < 4.78 is 0. The van der Waals surface area contributed by atoms with Gasteiger partial charge in [-0.1, -0.05) is 37.3 Å². The van der Waals surface area contributed by atoms with E-state index in [1.165, 1.54) is 19.3 Å². The fourth-order valence-electron chi connectivity index (χ4n) is 2.69. The minimum absolute atomic E-state index is 0.203. The number of hydrogen-bond donors (Lipinski definition) is 2. The molecule has 0 radical (unpaired) electrons. The second-order valence-electron chi connectivity index (χ2n) is 5.48. The minimum Gasteiger partial charge on any atom is -0.384 e. The van der Waals surface area contributed by atoms with Crippen LogP contribution in [0.3, 0.4) is 0 Å². The van der Waals surface area contributed by atoms with Gasteiger partial charge in [0.05, 0.1) is 0 Å². The highest BCUT2D eigenvalue weighted by Gasteiger charge is 2.35. The van der Waals surface area contributed by atoms with Crippen molar-refractivity contribution < 1.29 is 0 Å². The minimum atomic E-state index is 0.203. The molecule has 0 bridgehead atoms. The van der Waals surface area contributed by atoms with Gasteiger partial charge in [-0.05, 0) is 25.7 Å². The Bertz CT molecular complexity index is 585. The lowest BCUT2D eigenvalue weighted by molar-refractivity contribution is 0.269. The molecule has 0 atom stereocenters. The highest BCUT2D eigenvalue weighted by atomic mass is 15.1. The van der Waals surface area contributed by atoms with Gasteiger partial charge in [0.1, 0.15) is 11.6 Å². The Morgan fingerprint density at radius 2 is 1.95 bits per heavy atom. The Hall–Kier alpha value is -2.10. The summed E-state index contributed by atoms with van der Waals surface area (Å²) in [5, 5.41) is 3.56. The van der Waals surface area contributed by atoms with Gasteiger partial charge >= 0.3 is 0 Å². The molecular weight excluding hydrogens is 248 g/mol. The molecule has 1 aromatic heterocycles. The Labute approximate surface area is 119 Å². The standard InChI is InChI=1S/C16H20N4/c1-2-16(9-6-10-16)20-14-11-13(17)18-15(19-14)12-7-4-3-5-8-12/h3-5,7-8,11H,2,6,9-10H2,1H3,(H3,17,18,19,20). The lowest BCUT2D eigenvalue weighted by atomic mass is 9.75. The quantitative estimate of drug-likeness (QED) is 0.891. The third-order valence-electron chi connectivity index (χ3n) is 4.16. The first-order chi connectivity index (χ1) is 9.71. The molecule has 0 aliphatic heterocycles. The highest BCUT2D eigenvalue weighted by Crippen LogP contribution is 2.37. The first-order valence-corrected chi connectivity index (χ1v) is 7.19. The lowest BCUT2D eigenvalue weighted by Crippen LogP contribution is -2.44. The third-order valence-corrected chi connectivity index (χ3v) is 4.16. The number of hydrogen-bond acceptors (Lipinski definition) is 4. The molecule has 1 fully saturated rings. The average Bonchev–Trinajstić information content (AvgIpc) is 2.43. The predicted molar refractivity (Wildman–Crippen MR) is 82.4 cm³/mol. The zero-order chi connectivity index (χ0) is 14.0. The maximum absolute atomic E-state index is 5.93. The van der Waals surface area contributed by atoms with Crippen molar-refractivity contribution in [3.8, 4) is 11.4 Å². The number of nitrogen functional groups attached to an aromatic ring is 1. The van der Waals surface area contributed by atoms with Crippen molar-refractivity contribution >= 4 is 11.6 Å². The van der Waals surface area contributed by atoms with Crippen LogP contribution >= 0.6 is 0 Å². The number of benzene rings is 1. The molecule has 0 saturated heterocycles. The molecule has 20 heavy (non-hydrogen) atoms. The van der Waals surface area contributed by atoms with Crippen LogP contribution < -0.4 is 11.1 Å². The van der Waals surface area contributed by atoms with Crippen LogP contribution in [0.1, 0.15) is 32.6 Å². The monoisotopic (exact) mass is 268 g/mol. The van der Waals surface area contributed by atoms with E-state index in [0.29, 0.717) is 11.6 Å². The van der Waals surface area contributed by atoms with Gasteiger partial charge in [-0.3, -0.25) is 0 Å². The molecule has 0 amide bonds. The van der Waals surface area contributed by atoms with Crippen LogP contribution in [0.4, 0.5) is 11.6 Å². The van der Waals surface area contributed by atoms with Crippen LogP contribution in [-0.4, -0.2) is 15.5 Å². The van der Waals surface area contributed by atoms with Crippen molar-refractivity contribution in [3.63, 3.8) is 0 Å². The van der Waals surface area contributed by atoms with Gasteiger partial charge in [0.25, 0.3) is 0 Å². The molecule has 4 nitrogen and oxygen atoms in total. The fraction of sp³-hybridized carbons (Fsp3) is 0.375. The van der Waals surface area contributed by atoms with E-state index in [2.05, 4.69) is 22.2 Å². The van der Waals surface area contributed by atoms with Crippen LogP contribution in [0, 0.1) is 0 Å². The molecule has 3 N–H and O–H groups in total. The molecule has 1 saturated carbocycles. The van der Waals surface area contributed by atoms with E-state index in [9.17, 15) is 0 Å². The van der Waals surface area contributed by atoms with Crippen molar-refractivity contribution in [2.75, 3.05) is 11.1 Å². The average molecular weight is 268 g/mol. The summed E-state index contributed by atoms with van der Waals surface area (Å²) in [4.78, 5) is 8.95. The smallest absolute Gasteiger partial charge is 0.163 e. The number of nitrogens with two attached hydrogens (primary N) is 1. The molecule has 4 heteroatoms. The van der Waals surface area contributed by atoms with E-state index in [1.807, 2.05) is 36.4 Å². The number of anilines is 2.